The van der Waals surface area contributed by atoms with Gasteiger partial charge in [-0.1, -0.05) is 12.1 Å². The SMILES string of the molecule is Cc1cccc(OC(C)C(=O)N2CCN(c3ncccn3)CC2)c1C. The van der Waals surface area contributed by atoms with E-state index in [1.54, 1.807) is 18.5 Å². The van der Waals surface area contributed by atoms with Crippen LogP contribution in [0, 0.1) is 13.8 Å². The fraction of sp³-hybridized carbons (Fsp3) is 0.421. The minimum atomic E-state index is -0.500. The van der Waals surface area contributed by atoms with E-state index in [1.165, 1.54) is 0 Å². The molecule has 0 spiro atoms. The van der Waals surface area contributed by atoms with E-state index in [2.05, 4.69) is 14.9 Å². The maximum Gasteiger partial charge on any atom is 0.263 e. The molecule has 1 fully saturated rings. The van der Waals surface area contributed by atoms with Crippen LogP contribution < -0.4 is 9.64 Å². The lowest BCUT2D eigenvalue weighted by Crippen LogP contribution is -2.52. The van der Waals surface area contributed by atoms with Crippen LogP contribution in [0.1, 0.15) is 18.1 Å². The third-order valence-electron chi connectivity index (χ3n) is 4.63. The minimum absolute atomic E-state index is 0.0227. The number of carbonyl (C=O) groups excluding carboxylic acids is 1. The predicted molar refractivity (Wildman–Crippen MR) is 96.8 cm³/mol. The maximum atomic E-state index is 12.7. The second-order valence-electron chi connectivity index (χ2n) is 6.32. The number of piperazine rings is 1. The van der Waals surface area contributed by atoms with Gasteiger partial charge in [-0.25, -0.2) is 9.97 Å². The molecule has 1 amide bonds. The summed E-state index contributed by atoms with van der Waals surface area (Å²) in [6, 6.07) is 7.71. The standard InChI is InChI=1S/C19H24N4O2/c1-14-6-4-7-17(15(14)2)25-16(3)18(24)22-10-12-23(13-11-22)19-20-8-5-9-21-19/h4-9,16H,10-13H2,1-3H3. The summed E-state index contributed by atoms with van der Waals surface area (Å²) < 4.78 is 5.92. The van der Waals surface area contributed by atoms with Crippen LogP contribution in [0.4, 0.5) is 5.95 Å². The van der Waals surface area contributed by atoms with Crippen LogP contribution >= 0.6 is 0 Å². The smallest absolute Gasteiger partial charge is 0.263 e. The molecule has 6 nitrogen and oxygen atoms in total. The Morgan fingerprint density at radius 1 is 1.08 bits per heavy atom. The van der Waals surface area contributed by atoms with Crippen LogP contribution in [0.3, 0.4) is 0 Å². The molecule has 1 aliphatic heterocycles. The lowest BCUT2D eigenvalue weighted by Gasteiger charge is -2.35. The van der Waals surface area contributed by atoms with E-state index in [9.17, 15) is 4.79 Å². The second-order valence-corrected chi connectivity index (χ2v) is 6.32. The quantitative estimate of drug-likeness (QED) is 0.854. The lowest BCUT2D eigenvalue weighted by atomic mass is 10.1. The monoisotopic (exact) mass is 340 g/mol. The molecule has 0 radical (unpaired) electrons. The molecule has 6 heteroatoms. The van der Waals surface area contributed by atoms with Crippen molar-refractivity contribution in [3.63, 3.8) is 0 Å². The van der Waals surface area contributed by atoms with Gasteiger partial charge < -0.3 is 14.5 Å². The van der Waals surface area contributed by atoms with Crippen molar-refractivity contribution in [1.82, 2.24) is 14.9 Å². The highest BCUT2D eigenvalue weighted by Gasteiger charge is 2.27. The van der Waals surface area contributed by atoms with Gasteiger partial charge in [0.1, 0.15) is 5.75 Å². The number of aryl methyl sites for hydroxylation is 1. The third kappa shape index (κ3) is 3.90. The second kappa shape index (κ2) is 7.51. The molecule has 3 rings (SSSR count). The number of anilines is 1. The molecule has 0 saturated carbocycles. The van der Waals surface area contributed by atoms with Crippen LogP contribution in [0.25, 0.3) is 0 Å². The van der Waals surface area contributed by atoms with E-state index in [-0.39, 0.29) is 5.91 Å². The van der Waals surface area contributed by atoms with Gasteiger partial charge in [0.2, 0.25) is 5.95 Å². The molecule has 1 aromatic heterocycles. The molecule has 1 unspecified atom stereocenters. The van der Waals surface area contributed by atoms with E-state index in [1.807, 2.05) is 43.9 Å². The van der Waals surface area contributed by atoms with Gasteiger partial charge in [-0.2, -0.15) is 0 Å². The Labute approximate surface area is 148 Å². The molecule has 1 saturated heterocycles. The molecule has 1 aromatic carbocycles. The first-order valence-corrected chi connectivity index (χ1v) is 8.60. The number of rotatable bonds is 4. The van der Waals surface area contributed by atoms with Gasteiger partial charge in [0, 0.05) is 38.6 Å². The van der Waals surface area contributed by atoms with Gasteiger partial charge >= 0.3 is 0 Å². The molecule has 25 heavy (non-hydrogen) atoms. The van der Waals surface area contributed by atoms with Gasteiger partial charge in [-0.15, -0.1) is 0 Å². The van der Waals surface area contributed by atoms with Crippen molar-refractivity contribution < 1.29 is 9.53 Å². The van der Waals surface area contributed by atoms with Crippen molar-refractivity contribution >= 4 is 11.9 Å². The molecular formula is C19H24N4O2. The number of ether oxygens (including phenoxy) is 1. The Morgan fingerprint density at radius 2 is 1.76 bits per heavy atom. The number of nitrogens with zero attached hydrogens (tertiary/aromatic N) is 4. The van der Waals surface area contributed by atoms with E-state index < -0.39 is 6.10 Å². The fourth-order valence-corrected chi connectivity index (χ4v) is 2.93. The summed E-state index contributed by atoms with van der Waals surface area (Å²) in [4.78, 5) is 25.2. The van der Waals surface area contributed by atoms with E-state index in [0.717, 1.165) is 30.0 Å². The minimum Gasteiger partial charge on any atom is -0.481 e. The number of hydrogen-bond donors (Lipinski definition) is 0. The molecule has 0 N–H and O–H groups in total. The fourth-order valence-electron chi connectivity index (χ4n) is 2.93. The normalized spacial score (nSPS) is 15.8. The van der Waals surface area contributed by atoms with Gasteiger partial charge in [0.25, 0.3) is 5.91 Å². The summed E-state index contributed by atoms with van der Waals surface area (Å²) in [5, 5.41) is 0. The number of carbonyl (C=O) groups is 1. The van der Waals surface area contributed by atoms with Crippen molar-refractivity contribution in [2.75, 3.05) is 31.1 Å². The Hall–Kier alpha value is -2.63. The van der Waals surface area contributed by atoms with Gasteiger partial charge in [0.15, 0.2) is 6.10 Å². The highest BCUT2D eigenvalue weighted by atomic mass is 16.5. The number of amides is 1. The Morgan fingerprint density at radius 3 is 2.44 bits per heavy atom. The Balaban J connectivity index is 1.58. The van der Waals surface area contributed by atoms with Crippen LogP contribution in [-0.2, 0) is 4.79 Å². The van der Waals surface area contributed by atoms with Crippen molar-refractivity contribution in [2.24, 2.45) is 0 Å². The van der Waals surface area contributed by atoms with E-state index in [0.29, 0.717) is 19.0 Å². The van der Waals surface area contributed by atoms with Crippen molar-refractivity contribution in [2.45, 2.75) is 26.9 Å². The molecule has 1 aliphatic rings. The maximum absolute atomic E-state index is 12.7. The number of benzene rings is 1. The number of hydrogen-bond acceptors (Lipinski definition) is 5. The third-order valence-corrected chi connectivity index (χ3v) is 4.63. The Bertz CT molecular complexity index is 727. The lowest BCUT2D eigenvalue weighted by molar-refractivity contribution is -0.138. The molecule has 0 bridgehead atoms. The van der Waals surface area contributed by atoms with Crippen LogP contribution in [0.2, 0.25) is 0 Å². The highest BCUT2D eigenvalue weighted by molar-refractivity contribution is 5.81. The first-order valence-electron chi connectivity index (χ1n) is 8.60. The van der Waals surface area contributed by atoms with Gasteiger partial charge in [0.05, 0.1) is 0 Å². The van der Waals surface area contributed by atoms with Crippen LogP contribution in [0.5, 0.6) is 5.75 Å². The molecule has 2 heterocycles. The van der Waals surface area contributed by atoms with Crippen molar-refractivity contribution in [3.8, 4) is 5.75 Å². The summed E-state index contributed by atoms with van der Waals surface area (Å²) in [6.07, 6.45) is 2.97. The summed E-state index contributed by atoms with van der Waals surface area (Å²) in [5.74, 6) is 1.51. The zero-order valence-corrected chi connectivity index (χ0v) is 15.0. The van der Waals surface area contributed by atoms with Crippen LogP contribution in [0.15, 0.2) is 36.7 Å². The average Bonchev–Trinajstić information content (AvgIpc) is 2.65. The molecule has 2 aromatic rings. The van der Waals surface area contributed by atoms with Crippen molar-refractivity contribution in [1.29, 1.82) is 0 Å². The van der Waals surface area contributed by atoms with Gasteiger partial charge in [-0.05, 0) is 44.0 Å². The Kier molecular flexibility index (Phi) is 5.16. The highest BCUT2D eigenvalue weighted by Crippen LogP contribution is 2.22. The molecule has 1 atom stereocenters. The zero-order chi connectivity index (χ0) is 17.8. The first kappa shape index (κ1) is 17.2. The van der Waals surface area contributed by atoms with E-state index in [4.69, 9.17) is 4.74 Å². The van der Waals surface area contributed by atoms with Crippen LogP contribution in [-0.4, -0.2) is 53.1 Å². The number of aromatic nitrogens is 2. The molecule has 0 aliphatic carbocycles. The first-order chi connectivity index (χ1) is 12.1. The summed E-state index contributed by atoms with van der Waals surface area (Å²) in [5.41, 5.74) is 2.24. The van der Waals surface area contributed by atoms with Gasteiger partial charge in [-0.3, -0.25) is 4.79 Å². The predicted octanol–water partition coefficient (Wildman–Crippen LogP) is 2.21. The summed E-state index contributed by atoms with van der Waals surface area (Å²) in [7, 11) is 0. The summed E-state index contributed by atoms with van der Waals surface area (Å²) >= 11 is 0. The molecule has 132 valence electrons. The summed E-state index contributed by atoms with van der Waals surface area (Å²) in [6.45, 7) is 8.63. The largest absolute Gasteiger partial charge is 0.481 e. The molecular weight excluding hydrogens is 316 g/mol. The average molecular weight is 340 g/mol. The zero-order valence-electron chi connectivity index (χ0n) is 15.0. The topological polar surface area (TPSA) is 58.6 Å². The van der Waals surface area contributed by atoms with Crippen molar-refractivity contribution in [3.05, 3.63) is 47.8 Å². The van der Waals surface area contributed by atoms with E-state index >= 15 is 0 Å².